The normalized spacial score (nSPS) is 11.4. The van der Waals surface area contributed by atoms with Crippen molar-refractivity contribution in [1.82, 2.24) is 20.1 Å². The zero-order chi connectivity index (χ0) is 14.8. The van der Waals surface area contributed by atoms with Crippen LogP contribution in [0.2, 0.25) is 0 Å². The zero-order valence-corrected chi connectivity index (χ0v) is 10.2. The van der Waals surface area contributed by atoms with Crippen molar-refractivity contribution in [3.05, 3.63) is 23.6 Å². The fourth-order valence-corrected chi connectivity index (χ4v) is 1.32. The Bertz CT molecular complexity index is 597. The lowest BCUT2D eigenvalue weighted by atomic mass is 10.4. The number of aromatic nitrogens is 4. The number of rotatable bonds is 4. The van der Waals surface area contributed by atoms with Gasteiger partial charge in [0.15, 0.2) is 5.82 Å². The van der Waals surface area contributed by atoms with E-state index in [2.05, 4.69) is 25.4 Å². The number of hydrogen-bond acceptors (Lipinski definition) is 8. The number of nitrogens with zero attached hydrogens (tertiary/aromatic N) is 4. The fourth-order valence-electron chi connectivity index (χ4n) is 1.32. The van der Waals surface area contributed by atoms with Gasteiger partial charge in [0.25, 0.3) is 0 Å². The van der Waals surface area contributed by atoms with Crippen molar-refractivity contribution in [2.75, 3.05) is 10.7 Å². The van der Waals surface area contributed by atoms with Crippen molar-refractivity contribution in [2.24, 2.45) is 5.84 Å². The molecule has 0 radical (unpaired) electrons. The quantitative estimate of drug-likeness (QED) is 0.566. The average molecular weight is 289 g/mol. The van der Waals surface area contributed by atoms with Crippen LogP contribution in [0.3, 0.4) is 0 Å². The lowest BCUT2D eigenvalue weighted by Crippen LogP contribution is -2.17. The van der Waals surface area contributed by atoms with E-state index in [1.807, 2.05) is 5.43 Å². The molecule has 2 heterocycles. The van der Waals surface area contributed by atoms with Crippen molar-refractivity contribution in [2.45, 2.75) is 19.6 Å². The lowest BCUT2D eigenvalue weighted by molar-refractivity contribution is -0.144. The third-order valence-corrected chi connectivity index (χ3v) is 2.12. The fraction of sp³-hybridized carbons (Fsp3) is 0.333. The van der Waals surface area contributed by atoms with Crippen LogP contribution in [0.25, 0.3) is 0 Å². The van der Waals surface area contributed by atoms with Crippen LogP contribution in [0.1, 0.15) is 17.5 Å². The van der Waals surface area contributed by atoms with Crippen molar-refractivity contribution in [1.29, 1.82) is 0 Å². The van der Waals surface area contributed by atoms with E-state index in [9.17, 15) is 13.2 Å². The molecule has 0 aliphatic carbocycles. The number of nitrogen functional groups attached to an aromatic ring is 1. The molecule has 0 bridgehead atoms. The Balaban J connectivity index is 2.18. The molecule has 0 saturated heterocycles. The third kappa shape index (κ3) is 3.32. The summed E-state index contributed by atoms with van der Waals surface area (Å²) >= 11 is 0. The molecule has 2 aromatic rings. The van der Waals surface area contributed by atoms with Gasteiger partial charge in [0.1, 0.15) is 11.6 Å². The Morgan fingerprint density at radius 3 is 2.50 bits per heavy atom. The molecule has 2 aromatic heterocycles. The molecule has 20 heavy (non-hydrogen) atoms. The van der Waals surface area contributed by atoms with Crippen LogP contribution in [0.4, 0.5) is 24.8 Å². The summed E-state index contributed by atoms with van der Waals surface area (Å²) < 4.78 is 42.5. The Morgan fingerprint density at radius 1 is 1.25 bits per heavy atom. The molecule has 11 heteroatoms. The van der Waals surface area contributed by atoms with Crippen molar-refractivity contribution in [3.63, 3.8) is 0 Å². The zero-order valence-electron chi connectivity index (χ0n) is 10.2. The third-order valence-electron chi connectivity index (χ3n) is 2.12. The molecule has 0 amide bonds. The van der Waals surface area contributed by atoms with Crippen LogP contribution < -0.4 is 16.6 Å². The van der Waals surface area contributed by atoms with Crippen LogP contribution in [-0.2, 0) is 12.7 Å². The summed E-state index contributed by atoms with van der Waals surface area (Å²) in [4.78, 5) is 10.5. The smallest absolute Gasteiger partial charge is 0.362 e. The van der Waals surface area contributed by atoms with Crippen molar-refractivity contribution in [3.8, 4) is 0 Å². The van der Waals surface area contributed by atoms with E-state index in [-0.39, 0.29) is 24.0 Å². The average Bonchev–Trinajstić information content (AvgIpc) is 2.81. The Morgan fingerprint density at radius 2 is 1.95 bits per heavy atom. The number of nitrogens with one attached hydrogen (secondary N) is 2. The summed E-state index contributed by atoms with van der Waals surface area (Å²) in [6.07, 6.45) is -4.67. The van der Waals surface area contributed by atoms with Gasteiger partial charge in [-0.3, -0.25) is 0 Å². The highest BCUT2D eigenvalue weighted by Gasteiger charge is 2.35. The van der Waals surface area contributed by atoms with E-state index in [1.165, 1.54) is 6.07 Å². The first-order valence-electron chi connectivity index (χ1n) is 5.34. The van der Waals surface area contributed by atoms with Crippen LogP contribution >= 0.6 is 0 Å². The molecule has 8 nitrogen and oxygen atoms in total. The Kier molecular flexibility index (Phi) is 3.70. The molecule has 0 aliphatic rings. The van der Waals surface area contributed by atoms with E-state index in [0.29, 0.717) is 5.89 Å². The Labute approximate surface area is 110 Å². The summed E-state index contributed by atoms with van der Waals surface area (Å²) in [5.74, 6) is 4.17. The highest BCUT2D eigenvalue weighted by molar-refractivity contribution is 5.47. The van der Waals surface area contributed by atoms with Gasteiger partial charge in [-0.25, -0.2) is 15.8 Å². The van der Waals surface area contributed by atoms with Crippen LogP contribution in [0.15, 0.2) is 10.6 Å². The van der Waals surface area contributed by atoms with Crippen LogP contribution in [0.5, 0.6) is 0 Å². The molecule has 4 N–H and O–H groups in total. The number of hydrazine groups is 1. The minimum Gasteiger partial charge on any atom is -0.362 e. The van der Waals surface area contributed by atoms with Crippen LogP contribution in [0, 0.1) is 6.92 Å². The molecular formula is C9H10F3N7O. The number of alkyl halides is 3. The molecule has 0 fully saturated rings. The van der Waals surface area contributed by atoms with Gasteiger partial charge >= 0.3 is 6.18 Å². The highest BCUT2D eigenvalue weighted by Crippen LogP contribution is 2.28. The lowest BCUT2D eigenvalue weighted by Gasteiger charge is -2.10. The van der Waals surface area contributed by atoms with E-state index >= 15 is 0 Å². The summed E-state index contributed by atoms with van der Waals surface area (Å²) in [7, 11) is 0. The number of anilines is 2. The maximum absolute atomic E-state index is 12.6. The molecule has 0 unspecified atom stereocenters. The molecule has 108 valence electrons. The summed E-state index contributed by atoms with van der Waals surface area (Å²) in [6, 6.07) is 1.22. The largest absolute Gasteiger partial charge is 0.451 e. The first-order chi connectivity index (χ1) is 9.38. The SMILES string of the molecule is Cc1nc(CNc2cc(NN)nc(C(F)(F)F)n2)no1. The van der Waals surface area contributed by atoms with Crippen molar-refractivity contribution < 1.29 is 17.7 Å². The molecule has 0 spiro atoms. The van der Waals surface area contributed by atoms with Gasteiger partial charge in [-0.1, -0.05) is 5.16 Å². The molecule has 0 aromatic carbocycles. The molecule has 0 aliphatic heterocycles. The summed E-state index contributed by atoms with van der Waals surface area (Å²) in [5.41, 5.74) is 2.04. The summed E-state index contributed by atoms with van der Waals surface area (Å²) in [5, 5.41) is 6.22. The van der Waals surface area contributed by atoms with Gasteiger partial charge in [0.2, 0.25) is 11.7 Å². The monoisotopic (exact) mass is 289 g/mol. The maximum atomic E-state index is 12.6. The van der Waals surface area contributed by atoms with E-state index in [1.54, 1.807) is 6.92 Å². The maximum Gasteiger partial charge on any atom is 0.451 e. The number of halogens is 3. The molecule has 0 saturated carbocycles. The first kappa shape index (κ1) is 14.0. The minimum absolute atomic E-state index is 0.0513. The minimum atomic E-state index is -4.67. The molecular weight excluding hydrogens is 279 g/mol. The second-order valence-electron chi connectivity index (χ2n) is 3.69. The van der Waals surface area contributed by atoms with Gasteiger partial charge in [0, 0.05) is 13.0 Å². The first-order valence-corrected chi connectivity index (χ1v) is 5.34. The molecule has 2 rings (SSSR count). The van der Waals surface area contributed by atoms with E-state index in [4.69, 9.17) is 10.4 Å². The predicted molar refractivity (Wildman–Crippen MR) is 61.2 cm³/mol. The van der Waals surface area contributed by atoms with Gasteiger partial charge in [-0.15, -0.1) is 0 Å². The number of hydrogen-bond donors (Lipinski definition) is 3. The second-order valence-corrected chi connectivity index (χ2v) is 3.69. The predicted octanol–water partition coefficient (Wildman–Crippen LogP) is 1.08. The van der Waals surface area contributed by atoms with Gasteiger partial charge in [0.05, 0.1) is 6.54 Å². The topological polar surface area (TPSA) is 115 Å². The Hall–Kier alpha value is -2.43. The number of nitrogens with two attached hydrogens (primary N) is 1. The van der Waals surface area contributed by atoms with E-state index < -0.39 is 12.0 Å². The van der Waals surface area contributed by atoms with Gasteiger partial charge < -0.3 is 15.3 Å². The standard InChI is InChI=1S/C9H10F3N7O/c1-4-15-7(19-20-4)3-14-5-2-6(18-13)17-8(16-5)9(10,11)12/h2H,3,13H2,1H3,(H2,14,16,17,18). The van der Waals surface area contributed by atoms with E-state index in [0.717, 1.165) is 0 Å². The van der Waals surface area contributed by atoms with Gasteiger partial charge in [-0.05, 0) is 0 Å². The summed E-state index contributed by atoms with van der Waals surface area (Å²) in [6.45, 7) is 1.65. The van der Waals surface area contributed by atoms with Crippen LogP contribution in [-0.4, -0.2) is 20.1 Å². The highest BCUT2D eigenvalue weighted by atomic mass is 19.4. The van der Waals surface area contributed by atoms with Crippen molar-refractivity contribution >= 4 is 11.6 Å². The second kappa shape index (κ2) is 5.28. The molecule has 0 atom stereocenters. The number of aryl methyl sites for hydroxylation is 1. The van der Waals surface area contributed by atoms with Gasteiger partial charge in [-0.2, -0.15) is 18.2 Å².